The molecule has 0 unspecified atom stereocenters. The fourth-order valence-corrected chi connectivity index (χ4v) is 14.0. The molecule has 68 valence electrons. The summed E-state index contributed by atoms with van der Waals surface area (Å²) in [5.74, 6) is 2.73. The quantitative estimate of drug-likeness (QED) is 0.563. The largest absolute Gasteiger partial charge is 0.237 e. The van der Waals surface area contributed by atoms with E-state index in [-0.39, 0.29) is 5.72 Å². The van der Waals surface area contributed by atoms with Gasteiger partial charge in [-0.2, -0.15) is 0 Å². The van der Waals surface area contributed by atoms with E-state index in [2.05, 4.69) is 25.0 Å². The Balaban J connectivity index is 2.89. The molecule has 0 aromatic carbocycles. The van der Waals surface area contributed by atoms with Crippen LogP contribution < -0.4 is 0 Å². The summed E-state index contributed by atoms with van der Waals surface area (Å²) in [5.41, 5.74) is -0.0949. The molecular formula is C8H18B2S2. The minimum Gasteiger partial charge on any atom is -0.237 e. The van der Waals surface area contributed by atoms with Gasteiger partial charge >= 0.3 is 0 Å². The van der Waals surface area contributed by atoms with Crippen LogP contribution in [0, 0.1) is 0 Å². The van der Waals surface area contributed by atoms with Crippen LogP contribution in [-0.2, 0) is 0 Å². The van der Waals surface area contributed by atoms with Gasteiger partial charge in [0.25, 0.3) is 0 Å². The Morgan fingerprint density at radius 1 is 1.00 bits per heavy atom. The van der Waals surface area contributed by atoms with Crippen molar-refractivity contribution in [3.63, 3.8) is 0 Å². The van der Waals surface area contributed by atoms with Crippen LogP contribution in [0.25, 0.3) is 0 Å². The lowest BCUT2D eigenvalue weighted by molar-refractivity contribution is 1.27. The number of hydrogen-bond acceptors (Lipinski definition) is 0. The van der Waals surface area contributed by atoms with E-state index >= 15 is 0 Å². The van der Waals surface area contributed by atoms with Crippen molar-refractivity contribution in [2.45, 2.75) is 10.3 Å². The van der Waals surface area contributed by atoms with Gasteiger partial charge in [0.1, 0.15) is 0 Å². The first kappa shape index (κ1) is 10.9. The number of rotatable bonds is 1. The van der Waals surface area contributed by atoms with E-state index in [0.717, 1.165) is 0 Å². The minimum atomic E-state index is -0.507. The van der Waals surface area contributed by atoms with Crippen molar-refractivity contribution in [1.82, 2.24) is 0 Å². The lowest BCUT2D eigenvalue weighted by Gasteiger charge is -2.45. The Bertz CT molecular complexity index is 162. The predicted molar refractivity (Wildman–Crippen MR) is 67.7 cm³/mol. The molecule has 0 N–H and O–H groups in total. The van der Waals surface area contributed by atoms with Crippen LogP contribution in [-0.4, -0.2) is 56.8 Å². The fraction of sp³-hybridized carbons (Fsp3) is 1.00. The monoisotopic (exact) mass is 200 g/mol. The van der Waals surface area contributed by atoms with Gasteiger partial charge in [0.2, 0.25) is 0 Å². The lowest BCUT2D eigenvalue weighted by atomic mass is 9.72. The van der Waals surface area contributed by atoms with Gasteiger partial charge in [-0.25, -0.2) is 20.1 Å². The molecule has 1 saturated heterocycles. The van der Waals surface area contributed by atoms with E-state index in [0.29, 0.717) is 4.58 Å². The summed E-state index contributed by atoms with van der Waals surface area (Å²) in [4.78, 5) is 0. The zero-order valence-electron chi connectivity index (χ0n) is 8.54. The van der Waals surface area contributed by atoms with E-state index in [1.165, 1.54) is 11.5 Å². The van der Waals surface area contributed by atoms with Crippen LogP contribution in [0.5, 0.6) is 0 Å². The fourth-order valence-electron chi connectivity index (χ4n) is 2.22. The maximum absolute atomic E-state index is 5.87. The highest BCUT2D eigenvalue weighted by molar-refractivity contribution is 8.51. The van der Waals surface area contributed by atoms with E-state index in [1.807, 2.05) is 0 Å². The van der Waals surface area contributed by atoms with Crippen LogP contribution in [0.4, 0.5) is 0 Å². The summed E-state index contributed by atoms with van der Waals surface area (Å²) in [6.45, 7) is 0. The second-order valence-electron chi connectivity index (χ2n) is 4.60. The smallest absolute Gasteiger partial charge is 0.0600 e. The standard InChI is InChI=1S/C8H18B2S2/c1-11(2)5-6-12(3,4)8(11)7(9)10/h7-8H,5-6H2,1-4H3. The van der Waals surface area contributed by atoms with Crippen molar-refractivity contribution in [3.05, 3.63) is 0 Å². The first-order valence-corrected chi connectivity index (χ1v) is 9.55. The minimum absolute atomic E-state index is 0.0949. The van der Waals surface area contributed by atoms with Crippen LogP contribution in [0.2, 0.25) is 5.72 Å². The highest BCUT2D eigenvalue weighted by Crippen LogP contribution is 2.71. The third kappa shape index (κ3) is 1.84. The van der Waals surface area contributed by atoms with E-state index < -0.39 is 20.1 Å². The van der Waals surface area contributed by atoms with E-state index in [4.69, 9.17) is 15.7 Å². The van der Waals surface area contributed by atoms with Crippen LogP contribution in [0.1, 0.15) is 0 Å². The van der Waals surface area contributed by atoms with Gasteiger partial charge in [-0.15, -0.1) is 0 Å². The topological polar surface area (TPSA) is 0 Å². The molecule has 1 fully saturated rings. The molecule has 0 nitrogen and oxygen atoms in total. The third-order valence-corrected chi connectivity index (χ3v) is 11.7. The molecule has 1 aliphatic heterocycles. The first-order chi connectivity index (χ1) is 5.27. The maximum atomic E-state index is 5.87. The summed E-state index contributed by atoms with van der Waals surface area (Å²) in [6, 6.07) is 0. The van der Waals surface area contributed by atoms with Crippen LogP contribution in [0.3, 0.4) is 0 Å². The van der Waals surface area contributed by atoms with Gasteiger partial charge in [0.05, 0.1) is 15.7 Å². The van der Waals surface area contributed by atoms with Gasteiger partial charge in [-0.05, 0) is 36.5 Å². The van der Waals surface area contributed by atoms with Crippen molar-refractivity contribution in [2.24, 2.45) is 0 Å². The maximum Gasteiger partial charge on any atom is 0.0600 e. The second kappa shape index (κ2) is 3.20. The molecule has 0 aliphatic carbocycles. The van der Waals surface area contributed by atoms with Crippen molar-refractivity contribution in [1.29, 1.82) is 0 Å². The van der Waals surface area contributed by atoms with Crippen LogP contribution in [0.15, 0.2) is 0 Å². The Hall–Kier alpha value is 0.830. The van der Waals surface area contributed by atoms with Gasteiger partial charge in [-0.3, -0.25) is 0 Å². The first-order valence-electron chi connectivity index (χ1n) is 4.18. The van der Waals surface area contributed by atoms with Crippen molar-refractivity contribution in [2.75, 3.05) is 36.5 Å². The molecule has 0 bridgehead atoms. The number of hydrogen-bond donors (Lipinski definition) is 0. The van der Waals surface area contributed by atoms with E-state index in [1.54, 1.807) is 0 Å². The van der Waals surface area contributed by atoms with Crippen molar-refractivity contribution < 1.29 is 0 Å². The Labute approximate surface area is 82.7 Å². The zero-order chi connectivity index (χ0) is 9.57. The predicted octanol–water partition coefficient (Wildman–Crippen LogP) is 1.54. The van der Waals surface area contributed by atoms with E-state index in [9.17, 15) is 0 Å². The normalized spacial score (nSPS) is 33.4. The molecule has 1 rings (SSSR count). The molecule has 0 atom stereocenters. The van der Waals surface area contributed by atoms with Gasteiger partial charge in [0, 0.05) is 4.58 Å². The molecule has 4 heteroatoms. The average molecular weight is 200 g/mol. The SMILES string of the molecule is [B]C([B])C1S(C)(C)CCS1(C)C. The Kier molecular flexibility index (Phi) is 2.91. The molecule has 0 aromatic heterocycles. The molecule has 4 radical (unpaired) electrons. The molecule has 0 aromatic rings. The molecule has 1 heterocycles. The summed E-state index contributed by atoms with van der Waals surface area (Å²) in [5, 5.41) is 0. The summed E-state index contributed by atoms with van der Waals surface area (Å²) in [6.07, 6.45) is 9.52. The summed E-state index contributed by atoms with van der Waals surface area (Å²) in [7, 11) is 10.7. The Morgan fingerprint density at radius 2 is 1.33 bits per heavy atom. The van der Waals surface area contributed by atoms with Gasteiger partial charge < -0.3 is 0 Å². The van der Waals surface area contributed by atoms with Gasteiger partial charge in [0.15, 0.2) is 0 Å². The molecule has 1 aliphatic rings. The zero-order valence-corrected chi connectivity index (χ0v) is 10.2. The third-order valence-electron chi connectivity index (χ3n) is 2.71. The highest BCUT2D eigenvalue weighted by atomic mass is 32.3. The van der Waals surface area contributed by atoms with Gasteiger partial charge in [-0.1, -0.05) is 5.72 Å². The molecule has 0 spiro atoms. The average Bonchev–Trinajstić information content (AvgIpc) is 2.01. The van der Waals surface area contributed by atoms with Crippen molar-refractivity contribution in [3.8, 4) is 0 Å². The summed E-state index contributed by atoms with van der Waals surface area (Å²) < 4.78 is 0.616. The molecular weight excluding hydrogens is 182 g/mol. The lowest BCUT2D eigenvalue weighted by Crippen LogP contribution is -2.22. The summed E-state index contributed by atoms with van der Waals surface area (Å²) >= 11 is 0. The second-order valence-corrected chi connectivity index (χ2v) is 13.2. The van der Waals surface area contributed by atoms with Crippen LogP contribution >= 0.6 is 20.1 Å². The highest BCUT2D eigenvalue weighted by Gasteiger charge is 2.41. The molecule has 12 heavy (non-hydrogen) atoms. The molecule has 0 amide bonds. The molecule has 0 saturated carbocycles. The Morgan fingerprint density at radius 3 is 1.50 bits per heavy atom. The van der Waals surface area contributed by atoms with Crippen molar-refractivity contribution >= 4 is 35.7 Å².